The van der Waals surface area contributed by atoms with E-state index < -0.39 is 0 Å². The average Bonchev–Trinajstić information content (AvgIpc) is 3.44. The molecule has 12 rings (SSSR count). The smallest absolute Gasteiger partial charge is 0.141 e. The van der Waals surface area contributed by atoms with Crippen LogP contribution in [0.25, 0.3) is 49.7 Å². The first-order valence-corrected chi connectivity index (χ1v) is 19.0. The molecule has 2 aliphatic heterocycles. The quantitative estimate of drug-likeness (QED) is 0.172. The number of hydrazine groups is 1. The van der Waals surface area contributed by atoms with Gasteiger partial charge in [0.25, 0.3) is 0 Å². The highest BCUT2D eigenvalue weighted by atomic mass is 15.9. The van der Waals surface area contributed by atoms with Gasteiger partial charge >= 0.3 is 0 Å². The van der Waals surface area contributed by atoms with Gasteiger partial charge in [0.2, 0.25) is 0 Å². The lowest BCUT2D eigenvalue weighted by atomic mass is 9.81. The van der Waals surface area contributed by atoms with Crippen molar-refractivity contribution in [2.24, 2.45) is 0 Å². The predicted octanol–water partition coefficient (Wildman–Crippen LogP) is 12.2. The standard InChI is InChI=1S/C50H39N3/c1-49(2)40-17-9-5-13-33(40)35-26-23-31(29-42(35)49)46-39-16-8-12-20-44(39)52-48(53(46)52)30-21-24-32(25-22-30)51-43-19-11-7-15-36(43)38-28-27-37-34-14-6-10-18-41(34)50(3,4)45(37)47(38)51/h5-29,46,48H,1-4H3. The lowest BCUT2D eigenvalue weighted by Crippen LogP contribution is -2.16. The predicted molar refractivity (Wildman–Crippen MR) is 218 cm³/mol. The summed E-state index contributed by atoms with van der Waals surface area (Å²) in [6, 6.07) is 57.4. The van der Waals surface area contributed by atoms with Crippen molar-refractivity contribution in [3.8, 4) is 27.9 Å². The van der Waals surface area contributed by atoms with Crippen LogP contribution in [0.5, 0.6) is 0 Å². The van der Waals surface area contributed by atoms with Crippen LogP contribution in [0.3, 0.4) is 0 Å². The zero-order valence-corrected chi connectivity index (χ0v) is 30.4. The lowest BCUT2D eigenvalue weighted by Gasteiger charge is -2.24. The summed E-state index contributed by atoms with van der Waals surface area (Å²) in [5.74, 6) is 0. The average molecular weight is 682 g/mol. The Morgan fingerprint density at radius 1 is 0.491 bits per heavy atom. The highest BCUT2D eigenvalue weighted by Crippen LogP contribution is 2.61. The van der Waals surface area contributed by atoms with Crippen molar-refractivity contribution in [3.63, 3.8) is 0 Å². The van der Waals surface area contributed by atoms with Crippen molar-refractivity contribution in [3.05, 3.63) is 191 Å². The number of benzene rings is 7. The van der Waals surface area contributed by atoms with E-state index in [1.807, 2.05) is 0 Å². The van der Waals surface area contributed by atoms with Gasteiger partial charge in [-0.25, -0.2) is 0 Å². The molecule has 0 saturated carbocycles. The Balaban J connectivity index is 0.963. The molecule has 0 spiro atoms. The Morgan fingerprint density at radius 3 is 1.92 bits per heavy atom. The van der Waals surface area contributed by atoms with Gasteiger partial charge < -0.3 is 4.57 Å². The molecule has 1 aromatic heterocycles. The Morgan fingerprint density at radius 2 is 1.11 bits per heavy atom. The number of nitrogens with zero attached hydrogens (tertiary/aromatic N) is 3. The van der Waals surface area contributed by atoms with E-state index in [1.54, 1.807) is 0 Å². The summed E-state index contributed by atoms with van der Waals surface area (Å²) in [5, 5.41) is 7.71. The summed E-state index contributed by atoms with van der Waals surface area (Å²) in [6.07, 6.45) is 0.193. The molecule has 1 saturated heterocycles. The normalized spacial score (nSPS) is 20.5. The summed E-state index contributed by atoms with van der Waals surface area (Å²) in [7, 11) is 0. The van der Waals surface area contributed by atoms with Gasteiger partial charge in [-0.3, -0.25) is 5.01 Å². The molecule has 0 radical (unpaired) electrons. The van der Waals surface area contributed by atoms with Crippen LogP contribution in [0.15, 0.2) is 152 Å². The zero-order valence-electron chi connectivity index (χ0n) is 30.4. The molecule has 3 nitrogen and oxygen atoms in total. The summed E-state index contributed by atoms with van der Waals surface area (Å²) in [5.41, 5.74) is 20.2. The number of para-hydroxylation sites is 2. The molecule has 7 aromatic carbocycles. The number of rotatable bonds is 3. The van der Waals surface area contributed by atoms with Crippen molar-refractivity contribution in [2.45, 2.75) is 50.7 Å². The van der Waals surface area contributed by atoms with E-state index in [9.17, 15) is 0 Å². The first-order chi connectivity index (χ1) is 25.8. The highest BCUT2D eigenvalue weighted by molar-refractivity contribution is 6.13. The van der Waals surface area contributed by atoms with Gasteiger partial charge in [0.1, 0.15) is 6.17 Å². The van der Waals surface area contributed by atoms with Crippen LogP contribution in [0.4, 0.5) is 5.69 Å². The van der Waals surface area contributed by atoms with Crippen LogP contribution in [0.1, 0.15) is 78.8 Å². The fourth-order valence-electron chi connectivity index (χ4n) is 10.7. The Hall–Kier alpha value is -5.90. The molecule has 8 aromatic rings. The van der Waals surface area contributed by atoms with Crippen LogP contribution in [-0.2, 0) is 10.8 Å². The maximum absolute atomic E-state index is 2.59. The highest BCUT2D eigenvalue weighted by Gasteiger charge is 2.58. The Bertz CT molecular complexity index is 2870. The fraction of sp³-hybridized carbons (Fsp3) is 0.160. The largest absolute Gasteiger partial charge is 0.309 e. The number of hydrogen-bond donors (Lipinski definition) is 0. The molecule has 2 aliphatic carbocycles. The van der Waals surface area contributed by atoms with Crippen LogP contribution in [0.2, 0.25) is 0 Å². The van der Waals surface area contributed by atoms with E-state index >= 15 is 0 Å². The molecule has 3 heteroatoms. The summed E-state index contributed by atoms with van der Waals surface area (Å²) < 4.78 is 2.53. The van der Waals surface area contributed by atoms with Crippen molar-refractivity contribution in [1.29, 1.82) is 0 Å². The third-order valence-electron chi connectivity index (χ3n) is 13.1. The van der Waals surface area contributed by atoms with Crippen LogP contribution < -0.4 is 5.01 Å². The Labute approximate surface area is 310 Å². The molecule has 53 heavy (non-hydrogen) atoms. The minimum atomic E-state index is -0.110. The van der Waals surface area contributed by atoms with E-state index in [4.69, 9.17) is 0 Å². The molecule has 3 unspecified atom stereocenters. The third-order valence-corrected chi connectivity index (χ3v) is 13.1. The molecule has 0 N–H and O–H groups in total. The van der Waals surface area contributed by atoms with Crippen LogP contribution >= 0.6 is 0 Å². The second kappa shape index (κ2) is 9.95. The molecule has 3 heterocycles. The van der Waals surface area contributed by atoms with Crippen LogP contribution in [0, 0.1) is 0 Å². The van der Waals surface area contributed by atoms with Crippen molar-refractivity contribution in [2.75, 3.05) is 5.01 Å². The summed E-state index contributed by atoms with van der Waals surface area (Å²) >= 11 is 0. The van der Waals surface area contributed by atoms with Crippen molar-refractivity contribution >= 4 is 27.5 Å². The van der Waals surface area contributed by atoms with E-state index in [-0.39, 0.29) is 23.0 Å². The van der Waals surface area contributed by atoms with Gasteiger partial charge in [-0.05, 0) is 79.9 Å². The van der Waals surface area contributed by atoms with E-state index in [2.05, 4.69) is 194 Å². The molecule has 4 aliphatic rings. The molecular formula is C50H39N3. The minimum absolute atomic E-state index is 0.0290. The second-order valence-electron chi connectivity index (χ2n) is 16.5. The topological polar surface area (TPSA) is 10.9 Å². The fourth-order valence-corrected chi connectivity index (χ4v) is 10.7. The van der Waals surface area contributed by atoms with Gasteiger partial charge in [0.15, 0.2) is 0 Å². The number of hydrogen-bond acceptors (Lipinski definition) is 2. The number of anilines is 1. The SMILES string of the molecule is CC1(C)c2ccccc2-c2ccc(C3c4ccccc4N4C(c5ccc(-n6c7ccccc7c7ccc8c(c76)C(C)(C)c6ccccc6-8)cc5)N34)cc21. The van der Waals surface area contributed by atoms with Gasteiger partial charge in [0.05, 0.1) is 22.8 Å². The minimum Gasteiger partial charge on any atom is -0.309 e. The van der Waals surface area contributed by atoms with Crippen molar-refractivity contribution in [1.82, 2.24) is 9.58 Å². The van der Waals surface area contributed by atoms with Gasteiger partial charge in [0, 0.05) is 32.9 Å². The second-order valence-corrected chi connectivity index (χ2v) is 16.5. The zero-order chi connectivity index (χ0) is 35.4. The third kappa shape index (κ3) is 3.68. The monoisotopic (exact) mass is 681 g/mol. The molecule has 0 bridgehead atoms. The van der Waals surface area contributed by atoms with Gasteiger partial charge in [-0.15, -0.1) is 0 Å². The molecule has 3 atom stereocenters. The number of aromatic nitrogens is 1. The first-order valence-electron chi connectivity index (χ1n) is 19.0. The van der Waals surface area contributed by atoms with E-state index in [0.29, 0.717) is 0 Å². The first kappa shape index (κ1) is 29.7. The van der Waals surface area contributed by atoms with E-state index in [1.165, 1.54) is 94.4 Å². The van der Waals surface area contributed by atoms with Gasteiger partial charge in [-0.2, -0.15) is 5.01 Å². The Kier molecular flexibility index (Phi) is 5.56. The van der Waals surface area contributed by atoms with Gasteiger partial charge in [-0.1, -0.05) is 155 Å². The lowest BCUT2D eigenvalue weighted by molar-refractivity contribution is 0.445. The summed E-state index contributed by atoms with van der Waals surface area (Å²) in [6.45, 7) is 9.55. The summed E-state index contributed by atoms with van der Waals surface area (Å²) in [4.78, 5) is 0. The molecule has 254 valence electrons. The van der Waals surface area contributed by atoms with Crippen molar-refractivity contribution < 1.29 is 0 Å². The maximum Gasteiger partial charge on any atom is 0.141 e. The molecular weight excluding hydrogens is 643 g/mol. The molecule has 0 amide bonds. The number of fused-ring (bicyclic) bond motifs is 13. The van der Waals surface area contributed by atoms with Crippen LogP contribution in [-0.4, -0.2) is 9.58 Å². The maximum atomic E-state index is 2.59. The molecule has 1 fully saturated rings. The van der Waals surface area contributed by atoms with E-state index in [0.717, 1.165) is 0 Å².